The van der Waals surface area contributed by atoms with Crippen molar-refractivity contribution in [3.8, 4) is 11.5 Å². The lowest BCUT2D eigenvalue weighted by Crippen LogP contribution is -2.42. The third kappa shape index (κ3) is 3.72. The molecule has 2 saturated heterocycles. The van der Waals surface area contributed by atoms with Crippen molar-refractivity contribution in [1.29, 1.82) is 0 Å². The SMILES string of the molecule is C=C1C[C@H](c2ccccc2)O[C@@]12C[C@H](CC(C)C)N(c1ccc(OC)cc1OC)C2=O. The second kappa shape index (κ2) is 8.39. The van der Waals surface area contributed by atoms with Gasteiger partial charge in [0.2, 0.25) is 0 Å². The third-order valence-electron chi connectivity index (χ3n) is 6.36. The van der Waals surface area contributed by atoms with E-state index in [4.69, 9.17) is 14.2 Å². The fraction of sp³-hybridized carbons (Fsp3) is 0.423. The first-order valence-corrected chi connectivity index (χ1v) is 10.9. The minimum atomic E-state index is -0.995. The lowest BCUT2D eigenvalue weighted by atomic mass is 9.89. The summed E-state index contributed by atoms with van der Waals surface area (Å²) in [6.45, 7) is 8.66. The van der Waals surface area contributed by atoms with Crippen LogP contribution in [0.25, 0.3) is 0 Å². The van der Waals surface area contributed by atoms with Crippen LogP contribution in [0.1, 0.15) is 44.8 Å². The van der Waals surface area contributed by atoms with Gasteiger partial charge in [0.05, 0.1) is 26.0 Å². The number of hydrogen-bond acceptors (Lipinski definition) is 4. The fourth-order valence-electron chi connectivity index (χ4n) is 4.90. The first kappa shape index (κ1) is 21.4. The quantitative estimate of drug-likeness (QED) is 0.593. The van der Waals surface area contributed by atoms with E-state index in [1.807, 2.05) is 53.4 Å². The van der Waals surface area contributed by atoms with Crippen molar-refractivity contribution in [2.75, 3.05) is 19.1 Å². The summed E-state index contributed by atoms with van der Waals surface area (Å²) in [7, 11) is 3.23. The average molecular weight is 422 g/mol. The van der Waals surface area contributed by atoms with E-state index in [1.165, 1.54) is 0 Å². The van der Waals surface area contributed by atoms with Gasteiger partial charge < -0.3 is 19.1 Å². The summed E-state index contributed by atoms with van der Waals surface area (Å²) in [6, 6.07) is 15.7. The number of carbonyl (C=O) groups is 1. The van der Waals surface area contributed by atoms with Crippen LogP contribution in [0, 0.1) is 5.92 Å². The number of methoxy groups -OCH3 is 2. The van der Waals surface area contributed by atoms with Crippen LogP contribution >= 0.6 is 0 Å². The molecule has 164 valence electrons. The molecule has 1 spiro atoms. The van der Waals surface area contributed by atoms with E-state index in [9.17, 15) is 4.79 Å². The van der Waals surface area contributed by atoms with Gasteiger partial charge in [0.25, 0.3) is 5.91 Å². The highest BCUT2D eigenvalue weighted by Gasteiger charge is 2.59. The van der Waals surface area contributed by atoms with Gasteiger partial charge in [0, 0.05) is 24.9 Å². The number of carbonyl (C=O) groups excluding carboxylic acids is 1. The van der Waals surface area contributed by atoms with E-state index >= 15 is 0 Å². The second-order valence-electron chi connectivity index (χ2n) is 8.85. The molecule has 31 heavy (non-hydrogen) atoms. The summed E-state index contributed by atoms with van der Waals surface area (Å²) in [5, 5.41) is 0. The molecule has 5 heteroatoms. The summed E-state index contributed by atoms with van der Waals surface area (Å²) in [5.74, 6) is 1.68. The van der Waals surface area contributed by atoms with Crippen molar-refractivity contribution in [3.05, 3.63) is 66.2 Å². The van der Waals surface area contributed by atoms with Gasteiger partial charge >= 0.3 is 0 Å². The lowest BCUT2D eigenvalue weighted by Gasteiger charge is -2.28. The normalized spacial score (nSPS) is 25.6. The number of anilines is 1. The Balaban J connectivity index is 1.73. The Hall–Kier alpha value is -2.79. The minimum Gasteiger partial charge on any atom is -0.497 e. The largest absolute Gasteiger partial charge is 0.497 e. The van der Waals surface area contributed by atoms with E-state index in [0.717, 1.165) is 23.2 Å². The van der Waals surface area contributed by atoms with Gasteiger partial charge in [-0.25, -0.2) is 0 Å². The summed E-state index contributed by atoms with van der Waals surface area (Å²) >= 11 is 0. The smallest absolute Gasteiger partial charge is 0.264 e. The maximum atomic E-state index is 14.0. The van der Waals surface area contributed by atoms with Crippen LogP contribution in [0.3, 0.4) is 0 Å². The Bertz CT molecular complexity index is 971. The fourth-order valence-corrected chi connectivity index (χ4v) is 4.90. The zero-order valence-corrected chi connectivity index (χ0v) is 18.8. The molecule has 0 unspecified atom stereocenters. The molecule has 5 nitrogen and oxygen atoms in total. The van der Waals surface area contributed by atoms with Gasteiger partial charge in [-0.2, -0.15) is 0 Å². The topological polar surface area (TPSA) is 48.0 Å². The van der Waals surface area contributed by atoms with Crippen LogP contribution in [0.15, 0.2) is 60.7 Å². The van der Waals surface area contributed by atoms with Crippen LogP contribution in [0.4, 0.5) is 5.69 Å². The number of nitrogens with zero attached hydrogens (tertiary/aromatic N) is 1. The third-order valence-corrected chi connectivity index (χ3v) is 6.36. The van der Waals surface area contributed by atoms with Gasteiger partial charge in [-0.1, -0.05) is 50.8 Å². The van der Waals surface area contributed by atoms with Gasteiger partial charge in [0.1, 0.15) is 11.5 Å². The molecule has 0 saturated carbocycles. The van der Waals surface area contributed by atoms with Crippen molar-refractivity contribution in [3.63, 3.8) is 0 Å². The molecule has 2 aliphatic heterocycles. The highest BCUT2D eigenvalue weighted by molar-refractivity contribution is 6.06. The Kier molecular flexibility index (Phi) is 5.80. The maximum absolute atomic E-state index is 14.0. The minimum absolute atomic E-state index is 0.000989. The van der Waals surface area contributed by atoms with Crippen molar-refractivity contribution < 1.29 is 19.0 Å². The van der Waals surface area contributed by atoms with Gasteiger partial charge in [-0.05, 0) is 35.6 Å². The van der Waals surface area contributed by atoms with Gasteiger partial charge in [-0.15, -0.1) is 0 Å². The van der Waals surface area contributed by atoms with E-state index in [-0.39, 0.29) is 18.1 Å². The van der Waals surface area contributed by atoms with E-state index in [1.54, 1.807) is 14.2 Å². The average Bonchev–Trinajstić information content (AvgIpc) is 3.24. The monoisotopic (exact) mass is 421 g/mol. The van der Waals surface area contributed by atoms with Crippen LogP contribution in [-0.4, -0.2) is 31.8 Å². The summed E-state index contributed by atoms with van der Waals surface area (Å²) in [4.78, 5) is 15.9. The zero-order valence-electron chi connectivity index (χ0n) is 18.8. The number of rotatable bonds is 6. The number of hydrogen-bond donors (Lipinski definition) is 0. The molecule has 0 aromatic heterocycles. The highest BCUT2D eigenvalue weighted by Crippen LogP contribution is 2.52. The molecule has 0 bridgehead atoms. The molecule has 2 fully saturated rings. The summed E-state index contributed by atoms with van der Waals surface area (Å²) in [5.41, 5.74) is 1.69. The van der Waals surface area contributed by atoms with E-state index in [0.29, 0.717) is 30.3 Å². The van der Waals surface area contributed by atoms with Gasteiger partial charge in [0.15, 0.2) is 5.60 Å². The molecule has 0 N–H and O–H groups in total. The van der Waals surface area contributed by atoms with Gasteiger partial charge in [-0.3, -0.25) is 4.79 Å². The first-order chi connectivity index (χ1) is 14.9. The Morgan fingerprint density at radius 3 is 2.55 bits per heavy atom. The Labute approximate surface area is 184 Å². The molecule has 0 radical (unpaired) electrons. The molecule has 0 aliphatic carbocycles. The van der Waals surface area contributed by atoms with Crippen LogP contribution in [0.2, 0.25) is 0 Å². The lowest BCUT2D eigenvalue weighted by molar-refractivity contribution is -0.135. The predicted molar refractivity (Wildman–Crippen MR) is 122 cm³/mol. The molecular weight excluding hydrogens is 390 g/mol. The summed E-state index contributed by atoms with van der Waals surface area (Å²) in [6.07, 6.45) is 1.96. The first-order valence-electron chi connectivity index (χ1n) is 10.9. The number of ether oxygens (including phenoxy) is 3. The van der Waals surface area contributed by atoms with E-state index < -0.39 is 5.60 Å². The molecule has 2 aromatic rings. The summed E-state index contributed by atoms with van der Waals surface area (Å²) < 4.78 is 17.5. The Morgan fingerprint density at radius 1 is 1.16 bits per heavy atom. The number of amides is 1. The van der Waals surface area contributed by atoms with Crippen molar-refractivity contribution in [1.82, 2.24) is 0 Å². The Morgan fingerprint density at radius 2 is 1.90 bits per heavy atom. The number of benzene rings is 2. The molecule has 2 aromatic carbocycles. The van der Waals surface area contributed by atoms with Crippen molar-refractivity contribution >= 4 is 11.6 Å². The molecule has 3 atom stereocenters. The standard InChI is InChI=1S/C26H31NO4/c1-17(2)13-20-16-26(18(3)14-23(31-26)19-9-7-6-8-10-19)25(28)27(20)22-12-11-21(29-4)15-24(22)30-5/h6-12,15,17,20,23H,3,13-14,16H2,1-2,4-5H3/t20-,23+,26-/m0/s1. The molecular formula is C26H31NO4. The van der Waals surface area contributed by atoms with Crippen LogP contribution in [-0.2, 0) is 9.53 Å². The molecule has 1 amide bonds. The zero-order chi connectivity index (χ0) is 22.2. The van der Waals surface area contributed by atoms with Crippen LogP contribution < -0.4 is 14.4 Å². The molecule has 2 heterocycles. The van der Waals surface area contributed by atoms with E-state index in [2.05, 4.69) is 20.4 Å². The second-order valence-corrected chi connectivity index (χ2v) is 8.85. The van der Waals surface area contributed by atoms with Crippen LogP contribution in [0.5, 0.6) is 11.5 Å². The molecule has 4 rings (SSSR count). The highest BCUT2D eigenvalue weighted by atomic mass is 16.5. The predicted octanol–water partition coefficient (Wildman–Crippen LogP) is 5.31. The molecule has 2 aliphatic rings. The van der Waals surface area contributed by atoms with Crippen molar-refractivity contribution in [2.45, 2.75) is 50.9 Å². The maximum Gasteiger partial charge on any atom is 0.264 e. The van der Waals surface area contributed by atoms with Crippen molar-refractivity contribution in [2.24, 2.45) is 5.92 Å².